The Balaban J connectivity index is 1.73. The Labute approximate surface area is 162 Å². The zero-order valence-electron chi connectivity index (χ0n) is 17.1. The van der Waals surface area contributed by atoms with Crippen LogP contribution in [0.2, 0.25) is 0 Å². The normalized spacial score (nSPS) is 43.0. The van der Waals surface area contributed by atoms with Crippen molar-refractivity contribution in [2.24, 2.45) is 29.1 Å². The predicted molar refractivity (Wildman–Crippen MR) is 106 cm³/mol. The molecule has 0 aromatic carbocycles. The van der Waals surface area contributed by atoms with Gasteiger partial charge in [0.05, 0.1) is 5.76 Å². The topological polar surface area (TPSA) is 43.4 Å². The summed E-state index contributed by atoms with van der Waals surface area (Å²) < 4.78 is 6.16. The molecule has 4 rings (SSSR count). The average molecular weight is 369 g/mol. The first kappa shape index (κ1) is 18.7. The number of allylic oxidation sites excluding steroid dienone is 5. The molecule has 3 heteroatoms. The van der Waals surface area contributed by atoms with Crippen LogP contribution in [0.15, 0.2) is 35.6 Å². The molecular weight excluding hydrogens is 336 g/mol. The van der Waals surface area contributed by atoms with E-state index in [2.05, 4.69) is 26.5 Å². The minimum Gasteiger partial charge on any atom is -0.484 e. The largest absolute Gasteiger partial charge is 0.484 e. The Morgan fingerprint density at radius 2 is 1.89 bits per heavy atom. The molecule has 0 amide bonds. The fourth-order valence-corrected chi connectivity index (χ4v) is 7.04. The SMILES string of the molecule is C=C(C)O[C@]1(C(C)=O)CC[C@@H]2C1CC[C@H]1[C@H]2C=C(C)C2=CC(=O)CC[C@@]21C. The van der Waals surface area contributed by atoms with E-state index >= 15 is 0 Å². The van der Waals surface area contributed by atoms with Gasteiger partial charge in [-0.3, -0.25) is 9.59 Å². The predicted octanol–water partition coefficient (Wildman–Crippen LogP) is 5.17. The molecule has 0 saturated heterocycles. The molecule has 0 bridgehead atoms. The molecule has 4 aliphatic carbocycles. The van der Waals surface area contributed by atoms with Crippen molar-refractivity contribution in [1.29, 1.82) is 0 Å². The van der Waals surface area contributed by atoms with Crippen molar-refractivity contribution in [2.45, 2.75) is 71.8 Å². The van der Waals surface area contributed by atoms with Crippen molar-refractivity contribution in [3.05, 3.63) is 35.6 Å². The summed E-state index contributed by atoms with van der Waals surface area (Å²) in [5.41, 5.74) is 1.96. The fourth-order valence-electron chi connectivity index (χ4n) is 7.04. The van der Waals surface area contributed by atoms with Crippen LogP contribution in [0.5, 0.6) is 0 Å². The highest BCUT2D eigenvalue weighted by molar-refractivity contribution is 5.92. The second-order valence-electron chi connectivity index (χ2n) is 9.61. The molecule has 3 nitrogen and oxygen atoms in total. The third kappa shape index (κ3) is 2.61. The zero-order valence-corrected chi connectivity index (χ0v) is 17.1. The van der Waals surface area contributed by atoms with Crippen LogP contribution in [0.25, 0.3) is 0 Å². The smallest absolute Gasteiger partial charge is 0.173 e. The van der Waals surface area contributed by atoms with E-state index in [1.165, 1.54) is 11.1 Å². The molecule has 0 spiro atoms. The van der Waals surface area contributed by atoms with E-state index in [0.29, 0.717) is 29.9 Å². The van der Waals surface area contributed by atoms with Gasteiger partial charge in [-0.15, -0.1) is 0 Å². The number of hydrogen-bond acceptors (Lipinski definition) is 3. The first-order valence-corrected chi connectivity index (χ1v) is 10.5. The van der Waals surface area contributed by atoms with E-state index in [1.54, 1.807) is 6.92 Å². The maximum Gasteiger partial charge on any atom is 0.173 e. The molecule has 146 valence electrons. The van der Waals surface area contributed by atoms with Crippen molar-refractivity contribution in [2.75, 3.05) is 0 Å². The molecule has 0 aliphatic heterocycles. The summed E-state index contributed by atoms with van der Waals surface area (Å²) in [6.45, 7) is 12.0. The lowest BCUT2D eigenvalue weighted by atomic mass is 9.50. The number of rotatable bonds is 3. The van der Waals surface area contributed by atoms with E-state index in [1.807, 2.05) is 13.0 Å². The second kappa shape index (κ2) is 6.18. The third-order valence-electron chi connectivity index (χ3n) is 8.16. The Bertz CT molecular complexity index is 772. The van der Waals surface area contributed by atoms with Gasteiger partial charge in [0.25, 0.3) is 0 Å². The van der Waals surface area contributed by atoms with Crippen LogP contribution < -0.4 is 0 Å². The molecule has 6 atom stereocenters. The van der Waals surface area contributed by atoms with Gasteiger partial charge in [0.15, 0.2) is 17.2 Å². The summed E-state index contributed by atoms with van der Waals surface area (Å²) in [4.78, 5) is 24.7. The van der Waals surface area contributed by atoms with E-state index in [9.17, 15) is 9.59 Å². The van der Waals surface area contributed by atoms with Crippen LogP contribution in [0, 0.1) is 29.1 Å². The lowest BCUT2D eigenvalue weighted by Gasteiger charge is -2.54. The molecular formula is C24H32O3. The Morgan fingerprint density at radius 1 is 1.19 bits per heavy atom. The molecule has 0 N–H and O–H groups in total. The number of Topliss-reactive ketones (excluding diaryl/α,β-unsaturated/α-hetero) is 1. The summed E-state index contributed by atoms with van der Waals surface area (Å²) in [7, 11) is 0. The molecule has 2 fully saturated rings. The van der Waals surface area contributed by atoms with Crippen molar-refractivity contribution in [1.82, 2.24) is 0 Å². The van der Waals surface area contributed by atoms with Crippen LogP contribution >= 0.6 is 0 Å². The molecule has 0 aromatic rings. The van der Waals surface area contributed by atoms with Gasteiger partial charge in [-0.05, 0) is 87.7 Å². The van der Waals surface area contributed by atoms with Gasteiger partial charge in [0.1, 0.15) is 0 Å². The highest BCUT2D eigenvalue weighted by Gasteiger charge is 2.61. The minimum atomic E-state index is -0.678. The molecule has 4 aliphatic rings. The van der Waals surface area contributed by atoms with Crippen LogP contribution in [0.3, 0.4) is 0 Å². The number of fused-ring (bicyclic) bond motifs is 5. The maximum atomic E-state index is 12.7. The quantitative estimate of drug-likeness (QED) is 0.645. The van der Waals surface area contributed by atoms with Gasteiger partial charge in [-0.1, -0.05) is 25.2 Å². The molecule has 0 radical (unpaired) electrons. The summed E-state index contributed by atoms with van der Waals surface area (Å²) in [6.07, 6.45) is 9.94. The van der Waals surface area contributed by atoms with E-state index in [4.69, 9.17) is 4.74 Å². The van der Waals surface area contributed by atoms with Crippen molar-refractivity contribution in [3.8, 4) is 0 Å². The number of carbonyl (C=O) groups is 2. The van der Waals surface area contributed by atoms with Crippen molar-refractivity contribution >= 4 is 11.6 Å². The Morgan fingerprint density at radius 3 is 2.56 bits per heavy atom. The minimum absolute atomic E-state index is 0.0963. The Hall–Kier alpha value is -1.64. The highest BCUT2D eigenvalue weighted by Crippen LogP contribution is 2.63. The van der Waals surface area contributed by atoms with E-state index in [0.717, 1.165) is 32.1 Å². The Kier molecular flexibility index (Phi) is 4.29. The summed E-state index contributed by atoms with van der Waals surface area (Å²) in [5, 5.41) is 0. The first-order valence-electron chi connectivity index (χ1n) is 10.5. The molecule has 0 heterocycles. The van der Waals surface area contributed by atoms with Crippen LogP contribution in [0.1, 0.15) is 66.2 Å². The average Bonchev–Trinajstić information content (AvgIpc) is 2.96. The van der Waals surface area contributed by atoms with Gasteiger partial charge in [-0.2, -0.15) is 0 Å². The van der Waals surface area contributed by atoms with E-state index in [-0.39, 0.29) is 22.9 Å². The molecule has 2 saturated carbocycles. The van der Waals surface area contributed by atoms with Crippen molar-refractivity contribution in [3.63, 3.8) is 0 Å². The lowest BCUT2D eigenvalue weighted by molar-refractivity contribution is -0.146. The standard InChI is InChI=1S/C24H32O3/c1-14(2)27-24(16(4)25)11-9-18-19-12-15(3)22-13-17(26)8-10-23(22,5)20(19)6-7-21(18)24/h12-13,18-21H,1,6-11H2,2-5H3/t18-,19-,20-,21?,23+,24-/m0/s1. The van der Waals surface area contributed by atoms with Gasteiger partial charge in [0.2, 0.25) is 0 Å². The van der Waals surface area contributed by atoms with Gasteiger partial charge >= 0.3 is 0 Å². The number of ketones is 2. The first-order chi connectivity index (χ1) is 12.7. The maximum absolute atomic E-state index is 12.7. The summed E-state index contributed by atoms with van der Waals surface area (Å²) in [5.74, 6) is 2.88. The number of hydrogen-bond donors (Lipinski definition) is 0. The summed E-state index contributed by atoms with van der Waals surface area (Å²) >= 11 is 0. The highest BCUT2D eigenvalue weighted by atomic mass is 16.5. The second-order valence-corrected chi connectivity index (χ2v) is 9.61. The molecule has 27 heavy (non-hydrogen) atoms. The fraction of sp³-hybridized carbons (Fsp3) is 0.667. The van der Waals surface area contributed by atoms with Gasteiger partial charge in [-0.25, -0.2) is 0 Å². The van der Waals surface area contributed by atoms with Crippen LogP contribution in [-0.4, -0.2) is 17.2 Å². The summed E-state index contributed by atoms with van der Waals surface area (Å²) in [6, 6.07) is 0. The molecule has 0 aromatic heterocycles. The number of ether oxygens (including phenoxy) is 1. The number of carbonyl (C=O) groups excluding carboxylic acids is 2. The monoisotopic (exact) mass is 368 g/mol. The zero-order chi connectivity index (χ0) is 19.6. The lowest BCUT2D eigenvalue weighted by Crippen LogP contribution is -2.51. The third-order valence-corrected chi connectivity index (χ3v) is 8.16. The van der Waals surface area contributed by atoms with E-state index < -0.39 is 5.60 Å². The van der Waals surface area contributed by atoms with Gasteiger partial charge < -0.3 is 4.74 Å². The van der Waals surface area contributed by atoms with Crippen molar-refractivity contribution < 1.29 is 14.3 Å². The van der Waals surface area contributed by atoms with Crippen LogP contribution in [0.4, 0.5) is 0 Å². The van der Waals surface area contributed by atoms with Gasteiger partial charge in [0, 0.05) is 12.3 Å². The molecule has 1 unspecified atom stereocenters. The van der Waals surface area contributed by atoms with Crippen LogP contribution in [-0.2, 0) is 14.3 Å².